The van der Waals surface area contributed by atoms with E-state index in [-0.39, 0.29) is 0 Å². The van der Waals surface area contributed by atoms with Crippen molar-refractivity contribution in [3.63, 3.8) is 0 Å². The molecule has 0 fully saturated rings. The van der Waals surface area contributed by atoms with E-state index in [1.54, 1.807) is 0 Å². The van der Waals surface area contributed by atoms with E-state index in [0.29, 0.717) is 0 Å². The zero-order valence-electron chi connectivity index (χ0n) is 4.42. The van der Waals surface area contributed by atoms with Crippen molar-refractivity contribution in [2.24, 2.45) is 0 Å². The Labute approximate surface area is 48.0 Å². The van der Waals surface area contributed by atoms with Gasteiger partial charge in [-0.1, -0.05) is 12.2 Å². The van der Waals surface area contributed by atoms with Gasteiger partial charge in [-0.05, 0) is 12.2 Å². The van der Waals surface area contributed by atoms with Gasteiger partial charge in [0.1, 0.15) is 12.4 Å². The standard InChI is InChI=1S/C7H6O/c1-2-6-4-5-8-7(6)3-1/h1-4H,5H2. The van der Waals surface area contributed by atoms with Gasteiger partial charge in [0.25, 0.3) is 0 Å². The average molecular weight is 106 g/mol. The molecule has 0 aromatic heterocycles. The van der Waals surface area contributed by atoms with Crippen molar-refractivity contribution in [2.45, 2.75) is 0 Å². The Hall–Kier alpha value is -0.980. The average Bonchev–Trinajstić information content (AvgIpc) is 2.15. The van der Waals surface area contributed by atoms with Gasteiger partial charge < -0.3 is 4.74 Å². The van der Waals surface area contributed by atoms with Crippen LogP contribution in [-0.2, 0) is 4.74 Å². The second-order valence-electron chi connectivity index (χ2n) is 1.86. The summed E-state index contributed by atoms with van der Waals surface area (Å²) in [6.07, 6.45) is 8.12. The Balaban J connectivity index is 2.49. The Morgan fingerprint density at radius 3 is 3.38 bits per heavy atom. The van der Waals surface area contributed by atoms with Crippen LogP contribution in [0.15, 0.2) is 35.6 Å². The molecule has 0 atom stereocenters. The molecule has 0 aromatic carbocycles. The van der Waals surface area contributed by atoms with Crippen molar-refractivity contribution in [1.82, 2.24) is 0 Å². The fourth-order valence-corrected chi connectivity index (χ4v) is 0.939. The molecule has 0 bridgehead atoms. The van der Waals surface area contributed by atoms with Crippen molar-refractivity contribution in [3.8, 4) is 0 Å². The van der Waals surface area contributed by atoms with Crippen LogP contribution in [0.25, 0.3) is 0 Å². The first-order chi connectivity index (χ1) is 3.97. The Morgan fingerprint density at radius 2 is 2.50 bits per heavy atom. The van der Waals surface area contributed by atoms with Gasteiger partial charge in [0.05, 0.1) is 0 Å². The van der Waals surface area contributed by atoms with E-state index >= 15 is 0 Å². The molecule has 1 aliphatic carbocycles. The summed E-state index contributed by atoms with van der Waals surface area (Å²) >= 11 is 0. The van der Waals surface area contributed by atoms with Gasteiger partial charge in [-0.2, -0.15) is 0 Å². The lowest BCUT2D eigenvalue weighted by molar-refractivity contribution is 0.278. The molecule has 40 valence electrons. The molecule has 1 aliphatic heterocycles. The first-order valence-electron chi connectivity index (χ1n) is 2.68. The summed E-state index contributed by atoms with van der Waals surface area (Å²) in [4.78, 5) is 0. The van der Waals surface area contributed by atoms with Crippen LogP contribution in [0, 0.1) is 0 Å². The first kappa shape index (κ1) is 3.96. The van der Waals surface area contributed by atoms with Gasteiger partial charge in [0, 0.05) is 5.57 Å². The summed E-state index contributed by atoms with van der Waals surface area (Å²) in [5.74, 6) is 1.03. The van der Waals surface area contributed by atoms with E-state index in [4.69, 9.17) is 4.74 Å². The third-order valence-corrected chi connectivity index (χ3v) is 1.35. The summed E-state index contributed by atoms with van der Waals surface area (Å²) in [5.41, 5.74) is 1.24. The molecule has 8 heavy (non-hydrogen) atoms. The molecule has 1 heterocycles. The van der Waals surface area contributed by atoms with Gasteiger partial charge >= 0.3 is 0 Å². The van der Waals surface area contributed by atoms with Gasteiger partial charge in [-0.15, -0.1) is 0 Å². The van der Waals surface area contributed by atoms with Crippen LogP contribution in [-0.4, -0.2) is 6.61 Å². The molecule has 0 saturated heterocycles. The second-order valence-corrected chi connectivity index (χ2v) is 1.86. The minimum Gasteiger partial charge on any atom is -0.489 e. The van der Waals surface area contributed by atoms with E-state index in [2.05, 4.69) is 12.2 Å². The third-order valence-electron chi connectivity index (χ3n) is 1.35. The molecular weight excluding hydrogens is 100 g/mol. The quantitative estimate of drug-likeness (QED) is 0.453. The maximum Gasteiger partial charge on any atom is 0.126 e. The van der Waals surface area contributed by atoms with Crippen molar-refractivity contribution < 1.29 is 4.74 Å². The molecule has 0 saturated carbocycles. The zero-order valence-corrected chi connectivity index (χ0v) is 4.42. The fourth-order valence-electron chi connectivity index (χ4n) is 0.939. The Kier molecular flexibility index (Phi) is 0.618. The minimum atomic E-state index is 0.755. The lowest BCUT2D eigenvalue weighted by atomic mass is 10.3. The van der Waals surface area contributed by atoms with Crippen molar-refractivity contribution in [3.05, 3.63) is 35.6 Å². The SMILES string of the molecule is C1=CC2=CCOC2=C1. The van der Waals surface area contributed by atoms with Gasteiger partial charge in [0.2, 0.25) is 0 Å². The van der Waals surface area contributed by atoms with E-state index in [9.17, 15) is 0 Å². The molecule has 0 amide bonds. The highest BCUT2D eigenvalue weighted by molar-refractivity contribution is 5.47. The van der Waals surface area contributed by atoms with Crippen LogP contribution in [0.4, 0.5) is 0 Å². The molecular formula is C7H6O. The normalized spacial score (nSPS) is 22.0. The smallest absolute Gasteiger partial charge is 0.126 e. The van der Waals surface area contributed by atoms with Crippen molar-refractivity contribution >= 4 is 0 Å². The molecule has 0 unspecified atom stereocenters. The lowest BCUT2D eigenvalue weighted by Crippen LogP contribution is -1.78. The maximum atomic E-state index is 5.18. The second kappa shape index (κ2) is 1.25. The van der Waals surface area contributed by atoms with E-state index in [1.807, 2.05) is 12.2 Å². The van der Waals surface area contributed by atoms with Crippen LogP contribution in [0.1, 0.15) is 0 Å². The summed E-state index contributed by atoms with van der Waals surface area (Å²) in [5, 5.41) is 0. The number of rotatable bonds is 0. The van der Waals surface area contributed by atoms with E-state index in [0.717, 1.165) is 12.4 Å². The largest absolute Gasteiger partial charge is 0.489 e. The summed E-state index contributed by atoms with van der Waals surface area (Å²) in [6.45, 7) is 0.755. The summed E-state index contributed by atoms with van der Waals surface area (Å²) < 4.78 is 5.18. The minimum absolute atomic E-state index is 0.755. The van der Waals surface area contributed by atoms with Crippen LogP contribution < -0.4 is 0 Å². The number of ether oxygens (including phenoxy) is 1. The van der Waals surface area contributed by atoms with Crippen molar-refractivity contribution in [1.29, 1.82) is 0 Å². The van der Waals surface area contributed by atoms with Gasteiger partial charge in [0.15, 0.2) is 0 Å². The molecule has 0 spiro atoms. The number of hydrogen-bond donors (Lipinski definition) is 0. The number of fused-ring (bicyclic) bond motifs is 1. The molecule has 2 rings (SSSR count). The predicted molar refractivity (Wildman–Crippen MR) is 31.3 cm³/mol. The Morgan fingerprint density at radius 1 is 1.50 bits per heavy atom. The molecule has 2 aliphatic rings. The topological polar surface area (TPSA) is 9.23 Å². The predicted octanol–water partition coefficient (Wildman–Crippen LogP) is 1.40. The molecule has 1 heteroatoms. The first-order valence-corrected chi connectivity index (χ1v) is 2.68. The van der Waals surface area contributed by atoms with Crippen LogP contribution >= 0.6 is 0 Å². The maximum absolute atomic E-state index is 5.18. The monoisotopic (exact) mass is 106 g/mol. The lowest BCUT2D eigenvalue weighted by Gasteiger charge is -1.92. The highest BCUT2D eigenvalue weighted by Crippen LogP contribution is 2.23. The number of hydrogen-bond acceptors (Lipinski definition) is 1. The van der Waals surface area contributed by atoms with Gasteiger partial charge in [-0.25, -0.2) is 0 Å². The molecule has 0 radical (unpaired) electrons. The molecule has 0 aromatic rings. The third kappa shape index (κ3) is 0.360. The Bertz CT molecular complexity index is 196. The fraction of sp³-hybridized carbons (Fsp3) is 0.143. The summed E-state index contributed by atoms with van der Waals surface area (Å²) in [7, 11) is 0. The van der Waals surface area contributed by atoms with E-state index in [1.165, 1.54) is 5.57 Å². The summed E-state index contributed by atoms with van der Waals surface area (Å²) in [6, 6.07) is 0. The highest BCUT2D eigenvalue weighted by Gasteiger charge is 2.11. The number of allylic oxidation sites excluding steroid dienone is 3. The van der Waals surface area contributed by atoms with Crippen molar-refractivity contribution in [2.75, 3.05) is 6.61 Å². The molecule has 1 nitrogen and oxygen atoms in total. The van der Waals surface area contributed by atoms with Gasteiger partial charge in [-0.3, -0.25) is 0 Å². The highest BCUT2D eigenvalue weighted by atomic mass is 16.5. The van der Waals surface area contributed by atoms with Crippen LogP contribution in [0.5, 0.6) is 0 Å². The zero-order chi connectivity index (χ0) is 5.40. The van der Waals surface area contributed by atoms with Crippen LogP contribution in [0.3, 0.4) is 0 Å². The molecule has 0 N–H and O–H groups in total. The van der Waals surface area contributed by atoms with Crippen LogP contribution in [0.2, 0.25) is 0 Å². The van der Waals surface area contributed by atoms with E-state index < -0.39 is 0 Å².